The molecule has 0 atom stereocenters. The largest absolute Gasteiger partial charge is 0.507 e. The average Bonchev–Trinajstić information content (AvgIpc) is 2.95. The molecule has 4 rings (SSSR count). The van der Waals surface area contributed by atoms with Crippen LogP contribution in [0.4, 0.5) is 5.69 Å². The van der Waals surface area contributed by atoms with Gasteiger partial charge in [-0.1, -0.05) is 48.6 Å². The summed E-state index contributed by atoms with van der Waals surface area (Å²) in [5, 5.41) is 22.6. The highest BCUT2D eigenvalue weighted by atomic mass is 16.5. The molecule has 0 aliphatic carbocycles. The van der Waals surface area contributed by atoms with E-state index in [0.717, 1.165) is 39.1 Å². The van der Waals surface area contributed by atoms with Crippen LogP contribution in [0.1, 0.15) is 32.6 Å². The minimum absolute atomic E-state index is 0.192. The van der Waals surface area contributed by atoms with Gasteiger partial charge in [0, 0.05) is 6.54 Å². The van der Waals surface area contributed by atoms with E-state index >= 15 is 0 Å². The third-order valence-corrected chi connectivity index (χ3v) is 6.57. The summed E-state index contributed by atoms with van der Waals surface area (Å²) in [4.78, 5) is 11.6. The van der Waals surface area contributed by atoms with Crippen LogP contribution in [-0.2, 0) is 6.54 Å². The first kappa shape index (κ1) is 27.1. The van der Waals surface area contributed by atoms with E-state index in [1.165, 1.54) is 6.07 Å². The Balaban J connectivity index is 1.61. The lowest BCUT2D eigenvalue weighted by atomic mass is 9.96. The number of aromatic carboxylic acids is 1. The van der Waals surface area contributed by atoms with Crippen LogP contribution in [-0.4, -0.2) is 37.5 Å². The molecule has 7 heteroatoms. The van der Waals surface area contributed by atoms with Crippen LogP contribution in [0.15, 0.2) is 72.8 Å². The number of hydrogen-bond acceptors (Lipinski definition) is 6. The van der Waals surface area contributed by atoms with Crippen molar-refractivity contribution in [1.29, 1.82) is 0 Å². The molecule has 0 spiro atoms. The van der Waals surface area contributed by atoms with Crippen molar-refractivity contribution in [2.45, 2.75) is 13.5 Å². The summed E-state index contributed by atoms with van der Waals surface area (Å²) in [6, 6.07) is 22.5. The number of ether oxygens (including phenoxy) is 3. The second kappa shape index (κ2) is 12.1. The van der Waals surface area contributed by atoms with Gasteiger partial charge in [0.15, 0.2) is 0 Å². The fourth-order valence-corrected chi connectivity index (χ4v) is 4.47. The molecule has 0 aromatic heterocycles. The molecule has 0 radical (unpaired) electrons. The molecule has 0 fully saturated rings. The fourth-order valence-electron chi connectivity index (χ4n) is 4.47. The normalized spacial score (nSPS) is 10.9. The van der Waals surface area contributed by atoms with Gasteiger partial charge < -0.3 is 29.7 Å². The van der Waals surface area contributed by atoms with E-state index in [1.54, 1.807) is 33.5 Å². The molecular formula is C32H31NO6. The maximum Gasteiger partial charge on any atom is 0.341 e. The van der Waals surface area contributed by atoms with E-state index in [4.69, 9.17) is 14.2 Å². The number of anilines is 1. The van der Waals surface area contributed by atoms with Gasteiger partial charge in [-0.3, -0.25) is 0 Å². The minimum Gasteiger partial charge on any atom is -0.507 e. The van der Waals surface area contributed by atoms with Crippen LogP contribution in [0.5, 0.6) is 23.0 Å². The molecule has 7 nitrogen and oxygen atoms in total. The second-order valence-corrected chi connectivity index (χ2v) is 8.84. The fraction of sp³-hybridized carbons (Fsp3) is 0.156. The molecule has 0 heterocycles. The van der Waals surface area contributed by atoms with Gasteiger partial charge in [0.2, 0.25) is 0 Å². The Hall–Kier alpha value is -4.91. The third-order valence-electron chi connectivity index (χ3n) is 6.57. The highest BCUT2D eigenvalue weighted by molar-refractivity contribution is 5.97. The van der Waals surface area contributed by atoms with Crippen molar-refractivity contribution in [1.82, 2.24) is 0 Å². The molecule has 0 saturated carbocycles. The van der Waals surface area contributed by atoms with Crippen LogP contribution in [0, 0.1) is 6.92 Å². The average molecular weight is 526 g/mol. The van der Waals surface area contributed by atoms with Crippen molar-refractivity contribution in [2.75, 3.05) is 26.6 Å². The molecule has 0 saturated heterocycles. The van der Waals surface area contributed by atoms with Crippen LogP contribution >= 0.6 is 0 Å². The van der Waals surface area contributed by atoms with Crippen molar-refractivity contribution in [3.05, 3.63) is 101 Å². The third kappa shape index (κ3) is 5.99. The number of phenols is 1. The van der Waals surface area contributed by atoms with Crippen LogP contribution in [0.2, 0.25) is 0 Å². The van der Waals surface area contributed by atoms with Crippen molar-refractivity contribution in [3.63, 3.8) is 0 Å². The van der Waals surface area contributed by atoms with Gasteiger partial charge in [-0.05, 0) is 71.1 Å². The van der Waals surface area contributed by atoms with Gasteiger partial charge >= 0.3 is 5.97 Å². The van der Waals surface area contributed by atoms with E-state index in [-0.39, 0.29) is 17.9 Å². The molecule has 200 valence electrons. The van der Waals surface area contributed by atoms with Crippen molar-refractivity contribution >= 4 is 23.8 Å². The number of rotatable bonds is 10. The standard InChI is InChI=1S/C32H31NO6/c1-20-22(7-5-8-25(20)23-13-15-24(37-2)16-14-23)12-11-21-17-29(38-3)26(30(18-21)39-4)19-33-27-9-6-10-28(34)31(27)32(35)36/h5-18,33-34H,19H2,1-4H3,(H,35,36). The molecule has 39 heavy (non-hydrogen) atoms. The first-order valence-corrected chi connectivity index (χ1v) is 12.3. The van der Waals surface area contributed by atoms with Crippen molar-refractivity contribution in [3.8, 4) is 34.1 Å². The smallest absolute Gasteiger partial charge is 0.341 e. The Morgan fingerprint density at radius 1 is 0.872 bits per heavy atom. The zero-order valence-electron chi connectivity index (χ0n) is 22.3. The Morgan fingerprint density at radius 2 is 1.54 bits per heavy atom. The molecule has 0 aliphatic heterocycles. The molecule has 4 aromatic rings. The van der Waals surface area contributed by atoms with Gasteiger partial charge in [0.1, 0.15) is 28.6 Å². The molecule has 4 aromatic carbocycles. The molecule has 0 unspecified atom stereocenters. The van der Waals surface area contributed by atoms with Gasteiger partial charge in [-0.25, -0.2) is 4.79 Å². The monoisotopic (exact) mass is 525 g/mol. The number of carbonyl (C=O) groups is 1. The minimum atomic E-state index is -1.22. The Kier molecular flexibility index (Phi) is 8.41. The number of carboxylic acids is 1. The SMILES string of the molecule is COc1ccc(-c2cccc(C=Cc3cc(OC)c(CNc4cccc(O)c4C(=O)O)c(OC)c3)c2C)cc1. The summed E-state index contributed by atoms with van der Waals surface area (Å²) in [6.45, 7) is 2.32. The molecule has 3 N–H and O–H groups in total. The summed E-state index contributed by atoms with van der Waals surface area (Å²) in [5.41, 5.74) is 6.19. The second-order valence-electron chi connectivity index (χ2n) is 8.84. The number of benzene rings is 4. The predicted octanol–water partition coefficient (Wildman–Crippen LogP) is 6.87. The zero-order chi connectivity index (χ0) is 27.9. The molecule has 0 bridgehead atoms. The van der Waals surface area contributed by atoms with Gasteiger partial charge in [-0.2, -0.15) is 0 Å². The molecular weight excluding hydrogens is 494 g/mol. The van der Waals surface area contributed by atoms with Crippen molar-refractivity contribution in [2.24, 2.45) is 0 Å². The van der Waals surface area contributed by atoms with Gasteiger partial charge in [0.25, 0.3) is 0 Å². The number of carboxylic acid groups (broad SMARTS) is 1. The summed E-state index contributed by atoms with van der Waals surface area (Å²) in [7, 11) is 4.80. The predicted molar refractivity (Wildman–Crippen MR) is 154 cm³/mol. The van der Waals surface area contributed by atoms with E-state index in [9.17, 15) is 15.0 Å². The zero-order valence-corrected chi connectivity index (χ0v) is 22.3. The van der Waals surface area contributed by atoms with E-state index in [0.29, 0.717) is 17.2 Å². The van der Waals surface area contributed by atoms with Crippen LogP contribution in [0.3, 0.4) is 0 Å². The van der Waals surface area contributed by atoms with Gasteiger partial charge in [-0.15, -0.1) is 0 Å². The quantitative estimate of drug-likeness (QED) is 0.194. The molecule has 0 amide bonds. The number of hydrogen-bond donors (Lipinski definition) is 3. The Morgan fingerprint density at radius 3 is 2.15 bits per heavy atom. The maximum absolute atomic E-state index is 11.6. The summed E-state index contributed by atoms with van der Waals surface area (Å²) >= 11 is 0. The number of methoxy groups -OCH3 is 3. The lowest BCUT2D eigenvalue weighted by Gasteiger charge is -2.17. The molecule has 0 aliphatic rings. The Bertz CT molecular complexity index is 1480. The highest BCUT2D eigenvalue weighted by Gasteiger charge is 2.17. The first-order chi connectivity index (χ1) is 18.9. The summed E-state index contributed by atoms with van der Waals surface area (Å²) in [5.74, 6) is 0.461. The topological polar surface area (TPSA) is 97.2 Å². The van der Waals surface area contributed by atoms with Crippen LogP contribution in [0.25, 0.3) is 23.3 Å². The lowest BCUT2D eigenvalue weighted by molar-refractivity contribution is 0.0695. The summed E-state index contributed by atoms with van der Waals surface area (Å²) < 4.78 is 16.6. The van der Waals surface area contributed by atoms with Gasteiger partial charge in [0.05, 0.1) is 32.6 Å². The first-order valence-electron chi connectivity index (χ1n) is 12.3. The van der Waals surface area contributed by atoms with E-state index in [1.807, 2.05) is 48.5 Å². The number of nitrogens with one attached hydrogen (secondary N) is 1. The highest BCUT2D eigenvalue weighted by Crippen LogP contribution is 2.34. The van der Waals surface area contributed by atoms with E-state index in [2.05, 4.69) is 30.4 Å². The van der Waals surface area contributed by atoms with Crippen molar-refractivity contribution < 1.29 is 29.2 Å². The maximum atomic E-state index is 11.6. The Labute approximate surface area is 227 Å². The number of aromatic hydroxyl groups is 1. The summed E-state index contributed by atoms with van der Waals surface area (Å²) in [6.07, 6.45) is 4.06. The van der Waals surface area contributed by atoms with E-state index < -0.39 is 5.97 Å². The van der Waals surface area contributed by atoms with Crippen LogP contribution < -0.4 is 19.5 Å². The lowest BCUT2D eigenvalue weighted by Crippen LogP contribution is -2.08.